The summed E-state index contributed by atoms with van der Waals surface area (Å²) in [6.45, 7) is 1.55. The molecule has 0 aliphatic carbocycles. The van der Waals surface area contributed by atoms with E-state index >= 15 is 0 Å². The monoisotopic (exact) mass is 542 g/mol. The van der Waals surface area contributed by atoms with Crippen molar-refractivity contribution < 1.29 is 27.5 Å². The molecule has 37 heavy (non-hydrogen) atoms. The largest absolute Gasteiger partial charge is 0.484 e. The van der Waals surface area contributed by atoms with Gasteiger partial charge < -0.3 is 10.1 Å². The molecule has 10 heteroatoms. The molecule has 0 aromatic heterocycles. The molecule has 0 bridgehead atoms. The number of hydrogen-bond donors (Lipinski definition) is 1. The fraction of sp³-hybridized carbons (Fsp3) is 0.148. The lowest BCUT2D eigenvalue weighted by Crippen LogP contribution is -2.30. The normalized spacial score (nSPS) is 15.7. The second kappa shape index (κ2) is 11.2. The van der Waals surface area contributed by atoms with Crippen molar-refractivity contribution in [1.29, 1.82) is 0 Å². The van der Waals surface area contributed by atoms with E-state index in [1.165, 1.54) is 23.9 Å². The van der Waals surface area contributed by atoms with Gasteiger partial charge in [0.1, 0.15) is 10.1 Å². The van der Waals surface area contributed by atoms with Gasteiger partial charge in [0.15, 0.2) is 6.61 Å². The summed E-state index contributed by atoms with van der Waals surface area (Å²) in [5.41, 5.74) is 0.901. The van der Waals surface area contributed by atoms with E-state index in [2.05, 4.69) is 5.32 Å². The van der Waals surface area contributed by atoms with E-state index in [0.29, 0.717) is 15.0 Å². The first kappa shape index (κ1) is 26.4. The molecule has 2 amide bonds. The summed E-state index contributed by atoms with van der Waals surface area (Å²) < 4.78 is 44.4. The predicted molar refractivity (Wildman–Crippen MR) is 142 cm³/mol. The van der Waals surface area contributed by atoms with Crippen molar-refractivity contribution in [3.05, 3.63) is 100 Å². The summed E-state index contributed by atoms with van der Waals surface area (Å²) in [7, 11) is 0. The van der Waals surface area contributed by atoms with Crippen LogP contribution in [0.15, 0.2) is 83.8 Å². The van der Waals surface area contributed by atoms with Gasteiger partial charge in [0.05, 0.1) is 16.5 Å². The van der Waals surface area contributed by atoms with Crippen LogP contribution in [-0.2, 0) is 15.8 Å². The number of alkyl halides is 3. The summed E-state index contributed by atoms with van der Waals surface area (Å²) >= 11 is 6.69. The summed E-state index contributed by atoms with van der Waals surface area (Å²) in [6, 6.07) is 20.5. The second-order valence-corrected chi connectivity index (χ2v) is 9.80. The van der Waals surface area contributed by atoms with Gasteiger partial charge in [0.2, 0.25) is 0 Å². The fourth-order valence-corrected chi connectivity index (χ4v) is 5.04. The van der Waals surface area contributed by atoms with E-state index in [1.807, 2.05) is 37.3 Å². The highest BCUT2D eigenvalue weighted by molar-refractivity contribution is 8.26. The standard InChI is InChI=1S/C27H21F3N2O3S2/c1-17(19-6-3-2-4-7-19)32-25(34)23(37-26(32)36)14-18-10-12-22(13-11-18)35-16-24(33)31-21-9-5-8-20(15-21)27(28,29)30/h2-15,17H,16H2,1H3,(H,31,33)/b23-14-/t17-/m0/s1. The zero-order chi connectivity index (χ0) is 26.6. The zero-order valence-electron chi connectivity index (χ0n) is 19.5. The minimum atomic E-state index is -4.50. The summed E-state index contributed by atoms with van der Waals surface area (Å²) in [5, 5.41) is 2.39. The van der Waals surface area contributed by atoms with Gasteiger partial charge in [-0.15, -0.1) is 0 Å². The van der Waals surface area contributed by atoms with Crippen LogP contribution in [0.1, 0.15) is 29.7 Å². The lowest BCUT2D eigenvalue weighted by molar-refractivity contribution is -0.137. The van der Waals surface area contributed by atoms with E-state index < -0.39 is 17.6 Å². The molecular weight excluding hydrogens is 521 g/mol. The van der Waals surface area contributed by atoms with Gasteiger partial charge >= 0.3 is 6.18 Å². The van der Waals surface area contributed by atoms with Crippen molar-refractivity contribution in [2.24, 2.45) is 0 Å². The highest BCUT2D eigenvalue weighted by Gasteiger charge is 2.36. The molecule has 3 aromatic rings. The molecule has 0 saturated carbocycles. The Morgan fingerprint density at radius 2 is 1.78 bits per heavy atom. The van der Waals surface area contributed by atoms with Crippen LogP contribution in [0.4, 0.5) is 18.9 Å². The number of halogens is 3. The quantitative estimate of drug-likeness (QED) is 0.267. The van der Waals surface area contributed by atoms with Crippen LogP contribution in [-0.4, -0.2) is 27.6 Å². The SMILES string of the molecule is C[C@@H](c1ccccc1)N1C(=O)/C(=C/c2ccc(OCC(=O)Nc3cccc(C(F)(F)F)c3)cc2)SC1=S. The Hall–Kier alpha value is -3.63. The average Bonchev–Trinajstić information content (AvgIpc) is 3.15. The third-order valence-electron chi connectivity index (χ3n) is 5.51. The Bertz CT molecular complexity index is 1340. The van der Waals surface area contributed by atoms with Gasteiger partial charge in [-0.2, -0.15) is 13.2 Å². The van der Waals surface area contributed by atoms with E-state index in [1.54, 1.807) is 35.2 Å². The number of rotatable bonds is 7. The first-order valence-electron chi connectivity index (χ1n) is 11.1. The van der Waals surface area contributed by atoms with E-state index in [-0.39, 0.29) is 24.2 Å². The molecule has 0 spiro atoms. The number of nitrogens with one attached hydrogen (secondary N) is 1. The van der Waals surface area contributed by atoms with Crippen molar-refractivity contribution in [1.82, 2.24) is 4.90 Å². The van der Waals surface area contributed by atoms with Gasteiger partial charge in [0, 0.05) is 5.69 Å². The maximum atomic E-state index is 13.0. The molecule has 0 unspecified atom stereocenters. The van der Waals surface area contributed by atoms with Crippen LogP contribution >= 0.6 is 24.0 Å². The summed E-state index contributed by atoms with van der Waals surface area (Å²) in [4.78, 5) is 27.2. The molecule has 1 saturated heterocycles. The van der Waals surface area contributed by atoms with Crippen molar-refractivity contribution in [3.8, 4) is 5.75 Å². The Morgan fingerprint density at radius 3 is 2.46 bits per heavy atom. The molecule has 0 radical (unpaired) electrons. The maximum Gasteiger partial charge on any atom is 0.416 e. The van der Waals surface area contributed by atoms with E-state index in [4.69, 9.17) is 17.0 Å². The van der Waals surface area contributed by atoms with Gasteiger partial charge in [-0.05, 0) is 54.5 Å². The van der Waals surface area contributed by atoms with Crippen molar-refractivity contribution in [3.63, 3.8) is 0 Å². The smallest absolute Gasteiger partial charge is 0.416 e. The number of benzene rings is 3. The number of nitrogens with zero attached hydrogens (tertiary/aromatic N) is 1. The number of thioether (sulfide) groups is 1. The first-order valence-corrected chi connectivity index (χ1v) is 12.4. The predicted octanol–water partition coefficient (Wildman–Crippen LogP) is 6.69. The van der Waals surface area contributed by atoms with Gasteiger partial charge in [0.25, 0.3) is 11.8 Å². The number of carbonyl (C=O) groups is 2. The Labute approximate surface area is 221 Å². The topological polar surface area (TPSA) is 58.6 Å². The molecule has 1 aliphatic heterocycles. The zero-order valence-corrected chi connectivity index (χ0v) is 21.1. The summed E-state index contributed by atoms with van der Waals surface area (Å²) in [6.07, 6.45) is -2.76. The van der Waals surface area contributed by atoms with Crippen molar-refractivity contribution >= 4 is 51.9 Å². The van der Waals surface area contributed by atoms with E-state index in [0.717, 1.165) is 23.3 Å². The Kier molecular flexibility index (Phi) is 7.99. The van der Waals surface area contributed by atoms with Gasteiger partial charge in [-0.3, -0.25) is 14.5 Å². The molecule has 3 aromatic carbocycles. The highest BCUT2D eigenvalue weighted by Crippen LogP contribution is 2.38. The number of anilines is 1. The van der Waals surface area contributed by atoms with Crippen LogP contribution < -0.4 is 10.1 Å². The Morgan fingerprint density at radius 1 is 1.08 bits per heavy atom. The molecule has 1 fully saturated rings. The van der Waals surface area contributed by atoms with Crippen molar-refractivity contribution in [2.75, 3.05) is 11.9 Å². The summed E-state index contributed by atoms with van der Waals surface area (Å²) in [5.74, 6) is -0.376. The number of amides is 2. The van der Waals surface area contributed by atoms with Gasteiger partial charge in [-0.25, -0.2) is 0 Å². The molecule has 5 nitrogen and oxygen atoms in total. The number of thiocarbonyl (C=S) groups is 1. The molecule has 1 heterocycles. The lowest BCUT2D eigenvalue weighted by atomic mass is 10.1. The number of ether oxygens (including phenoxy) is 1. The van der Waals surface area contributed by atoms with Crippen LogP contribution in [0.3, 0.4) is 0 Å². The first-order chi connectivity index (χ1) is 17.6. The molecule has 4 rings (SSSR count). The average molecular weight is 543 g/mol. The van der Waals surface area contributed by atoms with Crippen molar-refractivity contribution in [2.45, 2.75) is 19.1 Å². The Balaban J connectivity index is 1.35. The number of hydrogen-bond acceptors (Lipinski definition) is 5. The third-order valence-corrected chi connectivity index (χ3v) is 6.84. The second-order valence-electron chi connectivity index (χ2n) is 8.12. The number of carbonyl (C=O) groups excluding carboxylic acids is 2. The molecular formula is C27H21F3N2O3S2. The third kappa shape index (κ3) is 6.58. The fourth-order valence-electron chi connectivity index (χ4n) is 3.63. The molecule has 1 N–H and O–H groups in total. The lowest BCUT2D eigenvalue weighted by Gasteiger charge is -2.23. The van der Waals surface area contributed by atoms with Crippen LogP contribution in [0.25, 0.3) is 6.08 Å². The maximum absolute atomic E-state index is 13.0. The minimum absolute atomic E-state index is 0.0256. The highest BCUT2D eigenvalue weighted by atomic mass is 32.2. The molecule has 190 valence electrons. The van der Waals surface area contributed by atoms with E-state index in [9.17, 15) is 22.8 Å². The van der Waals surface area contributed by atoms with Crippen LogP contribution in [0, 0.1) is 0 Å². The molecule has 1 aliphatic rings. The molecule has 1 atom stereocenters. The van der Waals surface area contributed by atoms with Crippen LogP contribution in [0.5, 0.6) is 5.75 Å². The minimum Gasteiger partial charge on any atom is -0.484 e. The van der Waals surface area contributed by atoms with Crippen LogP contribution in [0.2, 0.25) is 0 Å². The van der Waals surface area contributed by atoms with Gasteiger partial charge in [-0.1, -0.05) is 72.5 Å².